The number of azo groups is 1. The Kier molecular flexibility index (Phi) is 11.9. The lowest BCUT2D eigenvalue weighted by atomic mass is 9.97. The lowest BCUT2D eigenvalue weighted by Crippen LogP contribution is -2.26. The Balaban J connectivity index is 1.56. The molecule has 1 N–H and O–H groups in total. The van der Waals surface area contributed by atoms with Crippen LogP contribution in [-0.4, -0.2) is 36.0 Å². The standard InChI is InChI=1S/C33H18F12N4O7S/c1-10-13-14(19(36)23(40)22(39)18(13)35)29(26(43)17(10)34)55-11(50)4-6-32(2,8-46)48-49-33(3,9-47)7-5-12(51)56-30-15-16(21(38)25(42)24(41)20(15)37)31(57(52,53)54)28(45)27(30)44/h4-7H2,1-3H3,(H,52,53,54). The molecule has 24 heteroatoms. The van der Waals surface area contributed by atoms with Gasteiger partial charge in [-0.2, -0.15) is 38.0 Å². The average molecular weight is 843 g/mol. The van der Waals surface area contributed by atoms with Gasteiger partial charge in [0.2, 0.25) is 11.6 Å². The normalized spacial score (nSPS) is 14.0. The Bertz CT molecular complexity index is 2660. The van der Waals surface area contributed by atoms with Gasteiger partial charge in [0.05, 0.1) is 28.3 Å². The van der Waals surface area contributed by atoms with E-state index in [2.05, 4.69) is 19.7 Å². The average Bonchev–Trinajstić information content (AvgIpc) is 3.16. The Morgan fingerprint density at radius 1 is 0.579 bits per heavy atom. The Hall–Kier alpha value is -6.01. The highest BCUT2D eigenvalue weighted by atomic mass is 32.2. The molecule has 0 radical (unpaired) electrons. The number of hydrogen-bond acceptors (Lipinski definition) is 10. The summed E-state index contributed by atoms with van der Waals surface area (Å²) in [5, 5.41) is 19.8. The fourth-order valence-electron chi connectivity index (χ4n) is 5.09. The van der Waals surface area contributed by atoms with Gasteiger partial charge in [-0.25, -0.2) is 43.9 Å². The first-order valence-electron chi connectivity index (χ1n) is 15.2. The number of aryl methyl sites for hydroxylation is 1. The zero-order valence-corrected chi connectivity index (χ0v) is 29.3. The summed E-state index contributed by atoms with van der Waals surface area (Å²) in [7, 11) is -6.03. The highest BCUT2D eigenvalue weighted by molar-refractivity contribution is 7.86. The summed E-state index contributed by atoms with van der Waals surface area (Å²) in [6.45, 7) is 2.63. The predicted molar refractivity (Wildman–Crippen MR) is 165 cm³/mol. The van der Waals surface area contributed by atoms with Crippen molar-refractivity contribution in [2.45, 2.75) is 62.4 Å². The van der Waals surface area contributed by atoms with E-state index in [9.17, 15) is 85.8 Å². The molecule has 11 nitrogen and oxygen atoms in total. The molecular formula is C33H18F12N4O7S. The molecule has 0 saturated heterocycles. The molecule has 0 spiro atoms. The lowest BCUT2D eigenvalue weighted by Gasteiger charge is -2.20. The number of rotatable bonds is 11. The Morgan fingerprint density at radius 2 is 0.912 bits per heavy atom. The zero-order chi connectivity index (χ0) is 43.3. The maximum atomic E-state index is 14.9. The van der Waals surface area contributed by atoms with Gasteiger partial charge in [0, 0.05) is 18.2 Å². The topological polar surface area (TPSA) is 179 Å². The van der Waals surface area contributed by atoms with Gasteiger partial charge in [-0.05, 0) is 39.2 Å². The highest BCUT2D eigenvalue weighted by Crippen LogP contribution is 2.42. The number of benzene rings is 4. The quantitative estimate of drug-likeness (QED) is 0.0296. The van der Waals surface area contributed by atoms with E-state index in [1.165, 1.54) is 0 Å². The van der Waals surface area contributed by atoms with Gasteiger partial charge in [0.25, 0.3) is 10.1 Å². The molecule has 0 saturated carbocycles. The van der Waals surface area contributed by atoms with E-state index >= 15 is 0 Å². The fraction of sp³-hybridized carbons (Fsp3) is 0.273. The number of esters is 2. The maximum absolute atomic E-state index is 14.9. The van der Waals surface area contributed by atoms with E-state index in [0.717, 1.165) is 13.8 Å². The minimum atomic E-state index is -6.03. The minimum absolute atomic E-state index is 0.693. The molecule has 0 heterocycles. The third-order valence-corrected chi connectivity index (χ3v) is 9.10. The lowest BCUT2D eigenvalue weighted by molar-refractivity contribution is -0.135. The SMILES string of the molecule is Cc1c(F)c(F)c(OC(=O)CCC(C)(C#N)N=NC(C)(C#N)CCC(=O)Oc2c(F)c(F)c(S(=O)(=O)O)c3c(F)c(F)c(F)c(F)c23)c2c(F)c(F)c(F)c(F)c12. The van der Waals surface area contributed by atoms with Crippen LogP contribution in [0.2, 0.25) is 0 Å². The van der Waals surface area contributed by atoms with E-state index in [0.29, 0.717) is 6.92 Å². The number of nitrogens with zero attached hydrogens (tertiary/aromatic N) is 4. The third-order valence-electron chi connectivity index (χ3n) is 8.20. The van der Waals surface area contributed by atoms with Crippen LogP contribution >= 0.6 is 0 Å². The smallest absolute Gasteiger partial charge is 0.311 e. The number of halogens is 12. The van der Waals surface area contributed by atoms with Crippen molar-refractivity contribution in [3.05, 3.63) is 75.4 Å². The van der Waals surface area contributed by atoms with Crippen LogP contribution in [0.25, 0.3) is 21.5 Å². The van der Waals surface area contributed by atoms with Crippen LogP contribution in [0, 0.1) is 99.4 Å². The van der Waals surface area contributed by atoms with Gasteiger partial charge in [0.15, 0.2) is 80.7 Å². The molecule has 0 aromatic heterocycles. The summed E-state index contributed by atoms with van der Waals surface area (Å²) >= 11 is 0. The summed E-state index contributed by atoms with van der Waals surface area (Å²) in [4.78, 5) is 22.9. The third kappa shape index (κ3) is 7.86. The summed E-state index contributed by atoms with van der Waals surface area (Å²) in [5.74, 6) is -36.2. The molecule has 4 rings (SSSR count). The van der Waals surface area contributed by atoms with E-state index in [1.54, 1.807) is 12.1 Å². The van der Waals surface area contributed by atoms with Crippen LogP contribution in [-0.2, 0) is 19.7 Å². The first-order valence-corrected chi connectivity index (χ1v) is 16.7. The van der Waals surface area contributed by atoms with Crippen LogP contribution in [0.1, 0.15) is 45.1 Å². The van der Waals surface area contributed by atoms with Gasteiger partial charge >= 0.3 is 11.9 Å². The molecule has 2 unspecified atom stereocenters. The van der Waals surface area contributed by atoms with Crippen molar-refractivity contribution < 1.29 is 84.7 Å². The second-order valence-electron chi connectivity index (χ2n) is 12.3. The van der Waals surface area contributed by atoms with Crippen LogP contribution in [0.4, 0.5) is 52.7 Å². The van der Waals surface area contributed by atoms with Crippen molar-refractivity contribution in [3.8, 4) is 23.6 Å². The van der Waals surface area contributed by atoms with Crippen molar-refractivity contribution in [1.29, 1.82) is 10.5 Å². The highest BCUT2D eigenvalue weighted by Gasteiger charge is 2.37. The first-order chi connectivity index (χ1) is 26.3. The van der Waals surface area contributed by atoms with Gasteiger partial charge in [-0.15, -0.1) is 0 Å². The second kappa shape index (κ2) is 15.5. The molecule has 0 aliphatic carbocycles. The van der Waals surface area contributed by atoms with Crippen LogP contribution < -0.4 is 9.47 Å². The number of ether oxygens (including phenoxy) is 2. The molecular weight excluding hydrogens is 824 g/mol. The molecule has 0 fully saturated rings. The summed E-state index contributed by atoms with van der Waals surface area (Å²) in [5.41, 5.74) is -5.31. The van der Waals surface area contributed by atoms with Crippen molar-refractivity contribution in [2.24, 2.45) is 10.2 Å². The molecule has 2 atom stereocenters. The molecule has 4 aromatic carbocycles. The van der Waals surface area contributed by atoms with Crippen molar-refractivity contribution in [1.82, 2.24) is 0 Å². The molecule has 0 bridgehead atoms. The number of carbonyl (C=O) groups excluding carboxylic acids is 2. The largest absolute Gasteiger partial charge is 0.422 e. The number of nitriles is 2. The van der Waals surface area contributed by atoms with Crippen LogP contribution in [0.15, 0.2) is 15.1 Å². The van der Waals surface area contributed by atoms with Crippen LogP contribution in [0.3, 0.4) is 0 Å². The van der Waals surface area contributed by atoms with E-state index in [1.807, 2.05) is 0 Å². The van der Waals surface area contributed by atoms with Crippen molar-refractivity contribution in [2.75, 3.05) is 0 Å². The minimum Gasteiger partial charge on any atom is -0.422 e. The van der Waals surface area contributed by atoms with E-state index in [-0.39, 0.29) is 0 Å². The molecule has 4 aromatic rings. The maximum Gasteiger partial charge on any atom is 0.311 e. The van der Waals surface area contributed by atoms with Gasteiger partial charge < -0.3 is 9.47 Å². The molecule has 0 aliphatic heterocycles. The molecule has 302 valence electrons. The fourth-order valence-corrected chi connectivity index (χ4v) is 5.86. The summed E-state index contributed by atoms with van der Waals surface area (Å²) in [6.07, 6.45) is -3.68. The van der Waals surface area contributed by atoms with E-state index in [4.69, 9.17) is 0 Å². The molecule has 57 heavy (non-hydrogen) atoms. The zero-order valence-electron chi connectivity index (χ0n) is 28.5. The number of fused-ring (bicyclic) bond motifs is 2. The number of hydrogen-bond donors (Lipinski definition) is 1. The Morgan fingerprint density at radius 3 is 1.28 bits per heavy atom. The number of carbonyl (C=O) groups is 2. The van der Waals surface area contributed by atoms with Gasteiger partial charge in [-0.1, -0.05) is 0 Å². The van der Waals surface area contributed by atoms with Gasteiger partial charge in [-0.3, -0.25) is 14.1 Å². The van der Waals surface area contributed by atoms with Gasteiger partial charge in [0.1, 0.15) is 4.90 Å². The Labute approximate surface area is 310 Å². The first kappa shape index (κ1) is 43.7. The molecule has 0 amide bonds. The van der Waals surface area contributed by atoms with Crippen molar-refractivity contribution in [3.63, 3.8) is 0 Å². The monoisotopic (exact) mass is 842 g/mol. The second-order valence-corrected chi connectivity index (χ2v) is 13.6. The van der Waals surface area contributed by atoms with Crippen molar-refractivity contribution >= 4 is 43.6 Å². The predicted octanol–water partition coefficient (Wildman–Crippen LogP) is 8.31. The summed E-state index contributed by atoms with van der Waals surface area (Å²) in [6, 6.07) is 3.12. The van der Waals surface area contributed by atoms with Crippen LogP contribution in [0.5, 0.6) is 11.5 Å². The molecule has 0 aliphatic rings. The van der Waals surface area contributed by atoms with E-state index < -0.39 is 172 Å². The summed E-state index contributed by atoms with van der Waals surface area (Å²) < 4.78 is 215.